The van der Waals surface area contributed by atoms with Crippen LogP contribution in [-0.2, 0) is 9.47 Å². The number of carbonyl (C=O) groups excluding carboxylic acids is 1. The number of amides is 1. The molecule has 1 aromatic rings. The van der Waals surface area contributed by atoms with E-state index in [2.05, 4.69) is 0 Å². The standard InChI is InChI=1S/C13H11F3N2O3/c1-20-9(21-2)5-18-8(4-17)6-3-7(14)11(15)12(16)10(6)13(18)19/h3,8-9H,5H2,1-2H3. The van der Waals surface area contributed by atoms with Crippen LogP contribution in [0, 0.1) is 28.8 Å². The van der Waals surface area contributed by atoms with Gasteiger partial charge in [-0.05, 0) is 6.07 Å². The Kier molecular flexibility index (Phi) is 4.16. The van der Waals surface area contributed by atoms with Crippen molar-refractivity contribution in [2.45, 2.75) is 12.3 Å². The monoisotopic (exact) mass is 300 g/mol. The lowest BCUT2D eigenvalue weighted by molar-refractivity contribution is -0.113. The number of hydrogen-bond donors (Lipinski definition) is 0. The third-order valence-electron chi connectivity index (χ3n) is 3.27. The molecule has 21 heavy (non-hydrogen) atoms. The minimum absolute atomic E-state index is 0.179. The highest BCUT2D eigenvalue weighted by Gasteiger charge is 2.42. The Hall–Kier alpha value is -2.11. The van der Waals surface area contributed by atoms with Crippen LogP contribution in [0.25, 0.3) is 0 Å². The molecule has 1 atom stereocenters. The molecule has 0 saturated carbocycles. The van der Waals surface area contributed by atoms with E-state index in [1.165, 1.54) is 14.2 Å². The van der Waals surface area contributed by atoms with Crippen LogP contribution in [0.5, 0.6) is 0 Å². The van der Waals surface area contributed by atoms with Gasteiger partial charge in [0.1, 0.15) is 6.04 Å². The summed E-state index contributed by atoms with van der Waals surface area (Å²) in [6.07, 6.45) is -0.850. The first kappa shape index (κ1) is 15.3. The maximum absolute atomic E-state index is 13.8. The highest BCUT2D eigenvalue weighted by molar-refractivity contribution is 6.00. The van der Waals surface area contributed by atoms with Gasteiger partial charge in [-0.15, -0.1) is 0 Å². The normalized spacial score (nSPS) is 17.3. The van der Waals surface area contributed by atoms with Crippen molar-refractivity contribution in [3.63, 3.8) is 0 Å². The summed E-state index contributed by atoms with van der Waals surface area (Å²) in [5.41, 5.74) is -0.837. The molecule has 1 aliphatic heterocycles. The van der Waals surface area contributed by atoms with Crippen LogP contribution in [0.15, 0.2) is 6.07 Å². The zero-order chi connectivity index (χ0) is 15.7. The van der Waals surface area contributed by atoms with E-state index < -0.39 is 41.3 Å². The number of fused-ring (bicyclic) bond motifs is 1. The summed E-state index contributed by atoms with van der Waals surface area (Å²) < 4.78 is 50.1. The minimum atomic E-state index is -1.74. The average Bonchev–Trinajstić information content (AvgIpc) is 2.73. The zero-order valence-corrected chi connectivity index (χ0v) is 11.2. The van der Waals surface area contributed by atoms with Gasteiger partial charge in [0, 0.05) is 19.8 Å². The number of hydrogen-bond acceptors (Lipinski definition) is 4. The Morgan fingerprint density at radius 3 is 2.48 bits per heavy atom. The van der Waals surface area contributed by atoms with Crippen LogP contribution in [0.3, 0.4) is 0 Å². The summed E-state index contributed by atoms with van der Waals surface area (Å²) >= 11 is 0. The molecule has 0 saturated heterocycles. The predicted octanol–water partition coefficient (Wildman–Crippen LogP) is 1.74. The van der Waals surface area contributed by atoms with Gasteiger partial charge < -0.3 is 14.4 Å². The number of nitrogens with zero attached hydrogens (tertiary/aromatic N) is 2. The molecule has 0 bridgehead atoms. The number of carbonyl (C=O) groups is 1. The Labute approximate surface area is 118 Å². The Bertz CT molecular complexity index is 626. The molecule has 1 aromatic carbocycles. The minimum Gasteiger partial charge on any atom is -0.354 e. The van der Waals surface area contributed by atoms with Gasteiger partial charge >= 0.3 is 0 Å². The first-order valence-electron chi connectivity index (χ1n) is 5.89. The largest absolute Gasteiger partial charge is 0.354 e. The van der Waals surface area contributed by atoms with Gasteiger partial charge in [-0.1, -0.05) is 0 Å². The molecule has 0 N–H and O–H groups in total. The second-order valence-electron chi connectivity index (χ2n) is 4.34. The fraction of sp³-hybridized carbons (Fsp3) is 0.385. The lowest BCUT2D eigenvalue weighted by Crippen LogP contribution is -2.37. The number of methoxy groups -OCH3 is 2. The van der Waals surface area contributed by atoms with E-state index in [-0.39, 0.29) is 12.1 Å². The smallest absolute Gasteiger partial charge is 0.258 e. The van der Waals surface area contributed by atoms with E-state index in [9.17, 15) is 18.0 Å². The maximum Gasteiger partial charge on any atom is 0.258 e. The van der Waals surface area contributed by atoms with Crippen molar-refractivity contribution in [3.8, 4) is 6.07 Å². The van der Waals surface area contributed by atoms with Gasteiger partial charge in [0.15, 0.2) is 23.7 Å². The third kappa shape index (κ3) is 2.34. The number of ether oxygens (including phenoxy) is 2. The molecule has 5 nitrogen and oxygen atoms in total. The summed E-state index contributed by atoms with van der Waals surface area (Å²) in [6, 6.07) is 1.20. The molecule has 1 unspecified atom stereocenters. The van der Waals surface area contributed by atoms with Gasteiger partial charge in [-0.2, -0.15) is 5.26 Å². The van der Waals surface area contributed by atoms with Crippen LogP contribution in [0.2, 0.25) is 0 Å². The Balaban J connectivity index is 2.48. The fourth-order valence-corrected chi connectivity index (χ4v) is 2.21. The molecule has 2 rings (SSSR count). The van der Waals surface area contributed by atoms with Crippen molar-refractivity contribution in [1.29, 1.82) is 5.26 Å². The van der Waals surface area contributed by atoms with Crippen molar-refractivity contribution < 1.29 is 27.4 Å². The number of nitriles is 1. The molecule has 8 heteroatoms. The topological polar surface area (TPSA) is 62.6 Å². The van der Waals surface area contributed by atoms with E-state index in [1.54, 1.807) is 6.07 Å². The van der Waals surface area contributed by atoms with Crippen molar-refractivity contribution in [1.82, 2.24) is 4.90 Å². The van der Waals surface area contributed by atoms with Gasteiger partial charge in [-0.25, -0.2) is 13.2 Å². The van der Waals surface area contributed by atoms with E-state index in [0.717, 1.165) is 4.90 Å². The van der Waals surface area contributed by atoms with Crippen LogP contribution >= 0.6 is 0 Å². The van der Waals surface area contributed by atoms with Crippen molar-refractivity contribution in [2.75, 3.05) is 20.8 Å². The third-order valence-corrected chi connectivity index (χ3v) is 3.27. The molecule has 0 radical (unpaired) electrons. The van der Waals surface area contributed by atoms with Crippen LogP contribution < -0.4 is 0 Å². The molecule has 0 fully saturated rings. The number of halogens is 3. The highest BCUT2D eigenvalue weighted by atomic mass is 19.2. The summed E-state index contributed by atoms with van der Waals surface area (Å²) in [6.45, 7) is -0.179. The zero-order valence-electron chi connectivity index (χ0n) is 11.2. The van der Waals surface area contributed by atoms with E-state index in [1.807, 2.05) is 0 Å². The molecule has 1 amide bonds. The second kappa shape index (κ2) is 5.71. The summed E-state index contributed by atoms with van der Waals surface area (Å²) in [4.78, 5) is 13.1. The molecule has 0 aliphatic carbocycles. The summed E-state index contributed by atoms with van der Waals surface area (Å²) in [5.74, 6) is -5.69. The van der Waals surface area contributed by atoms with E-state index in [4.69, 9.17) is 14.7 Å². The number of rotatable bonds is 4. The molecule has 0 aromatic heterocycles. The lowest BCUT2D eigenvalue weighted by Gasteiger charge is -2.24. The SMILES string of the molecule is COC(CN1C(=O)c2c(cc(F)c(F)c2F)C1C#N)OC. The van der Waals surface area contributed by atoms with Crippen LogP contribution in [0.1, 0.15) is 22.0 Å². The van der Waals surface area contributed by atoms with Crippen LogP contribution in [0.4, 0.5) is 13.2 Å². The molecule has 1 aliphatic rings. The van der Waals surface area contributed by atoms with Gasteiger partial charge in [-0.3, -0.25) is 4.79 Å². The fourth-order valence-electron chi connectivity index (χ4n) is 2.21. The molecule has 1 heterocycles. The number of benzene rings is 1. The molecular weight excluding hydrogens is 289 g/mol. The van der Waals surface area contributed by atoms with E-state index in [0.29, 0.717) is 6.07 Å². The summed E-state index contributed by atoms with van der Waals surface area (Å²) in [7, 11) is 2.65. The predicted molar refractivity (Wildman–Crippen MR) is 63.5 cm³/mol. The maximum atomic E-state index is 13.8. The van der Waals surface area contributed by atoms with Crippen molar-refractivity contribution >= 4 is 5.91 Å². The highest BCUT2D eigenvalue weighted by Crippen LogP contribution is 2.36. The lowest BCUT2D eigenvalue weighted by atomic mass is 10.0. The van der Waals surface area contributed by atoms with Gasteiger partial charge in [0.05, 0.1) is 18.2 Å². The second-order valence-corrected chi connectivity index (χ2v) is 4.34. The van der Waals surface area contributed by atoms with Crippen molar-refractivity contribution in [3.05, 3.63) is 34.6 Å². The Morgan fingerprint density at radius 2 is 1.95 bits per heavy atom. The van der Waals surface area contributed by atoms with Crippen LogP contribution in [-0.4, -0.2) is 37.9 Å². The molecule has 112 valence electrons. The van der Waals surface area contributed by atoms with Gasteiger partial charge in [0.2, 0.25) is 0 Å². The van der Waals surface area contributed by atoms with E-state index >= 15 is 0 Å². The molecule has 0 spiro atoms. The van der Waals surface area contributed by atoms with Gasteiger partial charge in [0.25, 0.3) is 5.91 Å². The Morgan fingerprint density at radius 1 is 1.33 bits per heavy atom. The van der Waals surface area contributed by atoms with Crippen molar-refractivity contribution in [2.24, 2.45) is 0 Å². The molecular formula is C13H11F3N2O3. The average molecular weight is 300 g/mol. The summed E-state index contributed by atoms with van der Waals surface area (Å²) in [5, 5.41) is 9.15. The first-order valence-corrected chi connectivity index (χ1v) is 5.89. The first-order chi connectivity index (χ1) is 9.96. The quantitative estimate of drug-likeness (QED) is 0.628.